The lowest BCUT2D eigenvalue weighted by Crippen LogP contribution is -2.35. The number of sulfonamides is 1. The molecule has 7 heteroatoms. The van der Waals surface area contributed by atoms with Crippen LogP contribution in [0.25, 0.3) is 0 Å². The van der Waals surface area contributed by atoms with Crippen LogP contribution in [0.2, 0.25) is 0 Å². The van der Waals surface area contributed by atoms with E-state index in [9.17, 15) is 13.5 Å². The van der Waals surface area contributed by atoms with E-state index in [1.54, 1.807) is 6.07 Å². The van der Waals surface area contributed by atoms with Gasteiger partial charge in [0.2, 0.25) is 10.0 Å². The van der Waals surface area contributed by atoms with Gasteiger partial charge in [-0.3, -0.25) is 0 Å². The van der Waals surface area contributed by atoms with E-state index >= 15 is 0 Å². The fraction of sp³-hybridized carbons (Fsp3) is 0.500. The number of aliphatic hydroxyl groups is 1. The van der Waals surface area contributed by atoms with Crippen molar-refractivity contribution in [1.82, 2.24) is 0 Å². The summed E-state index contributed by atoms with van der Waals surface area (Å²) >= 11 is 0. The summed E-state index contributed by atoms with van der Waals surface area (Å²) in [6, 6.07) is 4.41. The molecule has 0 radical (unpaired) electrons. The quantitative estimate of drug-likeness (QED) is 0.579. The third kappa shape index (κ3) is 4.09. The molecule has 0 aromatic heterocycles. The number of primary sulfonamides is 1. The summed E-state index contributed by atoms with van der Waals surface area (Å²) in [6.45, 7) is 4.18. The molecular formula is C12H21N3O3S. The predicted octanol–water partition coefficient (Wildman–Crippen LogP) is 0.879. The van der Waals surface area contributed by atoms with Gasteiger partial charge in [0.1, 0.15) is 4.90 Å². The number of hydrogen-bond donors (Lipinski definition) is 4. The molecule has 0 spiro atoms. The molecule has 1 aromatic carbocycles. The van der Waals surface area contributed by atoms with Gasteiger partial charge in [0.05, 0.1) is 11.3 Å². The minimum Gasteiger partial charge on any atom is -0.398 e. The van der Waals surface area contributed by atoms with E-state index in [1.165, 1.54) is 12.1 Å². The first-order chi connectivity index (χ1) is 8.72. The number of nitrogens with one attached hydrogen (secondary N) is 1. The van der Waals surface area contributed by atoms with E-state index in [0.717, 1.165) is 0 Å². The predicted molar refractivity (Wildman–Crippen MR) is 76.2 cm³/mol. The third-order valence-corrected chi connectivity index (χ3v) is 4.24. The van der Waals surface area contributed by atoms with Crippen LogP contribution >= 0.6 is 0 Å². The molecule has 0 atom stereocenters. The molecule has 0 fully saturated rings. The molecular weight excluding hydrogens is 266 g/mol. The Morgan fingerprint density at radius 3 is 2.32 bits per heavy atom. The zero-order valence-electron chi connectivity index (χ0n) is 11.2. The highest BCUT2D eigenvalue weighted by Crippen LogP contribution is 2.22. The molecule has 6 nitrogen and oxygen atoms in total. The number of hydrogen-bond acceptors (Lipinski definition) is 5. The third-order valence-electron chi connectivity index (χ3n) is 3.25. The van der Waals surface area contributed by atoms with Gasteiger partial charge in [-0.25, -0.2) is 13.6 Å². The van der Waals surface area contributed by atoms with Crippen LogP contribution in [0.1, 0.15) is 26.7 Å². The topological polar surface area (TPSA) is 118 Å². The van der Waals surface area contributed by atoms with Crippen molar-refractivity contribution in [3.05, 3.63) is 18.2 Å². The molecule has 0 saturated carbocycles. The molecule has 108 valence electrons. The minimum absolute atomic E-state index is 0.0871. The normalized spacial score (nSPS) is 12.4. The van der Waals surface area contributed by atoms with Crippen molar-refractivity contribution in [3.63, 3.8) is 0 Å². The van der Waals surface area contributed by atoms with Crippen LogP contribution in [0.5, 0.6) is 0 Å². The Morgan fingerprint density at radius 1 is 1.32 bits per heavy atom. The van der Waals surface area contributed by atoms with Crippen molar-refractivity contribution >= 4 is 21.4 Å². The first kappa shape index (κ1) is 15.7. The lowest BCUT2D eigenvalue weighted by Gasteiger charge is -2.26. The Morgan fingerprint density at radius 2 is 1.89 bits per heavy atom. The highest BCUT2D eigenvalue weighted by atomic mass is 32.2. The zero-order chi connectivity index (χ0) is 14.7. The van der Waals surface area contributed by atoms with Gasteiger partial charge in [0.15, 0.2) is 0 Å². The fourth-order valence-corrected chi connectivity index (χ4v) is 2.33. The fourth-order valence-electron chi connectivity index (χ4n) is 1.68. The maximum absolute atomic E-state index is 11.2. The molecule has 0 aliphatic carbocycles. The second-order valence-corrected chi connectivity index (χ2v) is 6.11. The second kappa shape index (κ2) is 5.77. The van der Waals surface area contributed by atoms with Gasteiger partial charge in [0, 0.05) is 12.2 Å². The molecule has 1 rings (SSSR count). The maximum Gasteiger partial charge on any atom is 0.240 e. The SMILES string of the molecule is CCC(O)(CC)CNc1ccc(S(N)(=O)=O)c(N)c1. The van der Waals surface area contributed by atoms with E-state index in [-0.39, 0.29) is 10.6 Å². The maximum atomic E-state index is 11.2. The highest BCUT2D eigenvalue weighted by Gasteiger charge is 2.21. The Hall–Kier alpha value is -1.31. The van der Waals surface area contributed by atoms with Crippen LogP contribution in [-0.4, -0.2) is 25.7 Å². The van der Waals surface area contributed by atoms with Gasteiger partial charge >= 0.3 is 0 Å². The van der Waals surface area contributed by atoms with Gasteiger partial charge in [0.25, 0.3) is 0 Å². The van der Waals surface area contributed by atoms with Crippen molar-refractivity contribution in [1.29, 1.82) is 0 Å². The number of nitrogen functional groups attached to an aromatic ring is 1. The Balaban J connectivity index is 2.86. The van der Waals surface area contributed by atoms with E-state index < -0.39 is 15.6 Å². The Kier molecular flexibility index (Phi) is 4.78. The van der Waals surface area contributed by atoms with Crippen molar-refractivity contribution < 1.29 is 13.5 Å². The molecule has 0 aliphatic heterocycles. The van der Waals surface area contributed by atoms with E-state index in [2.05, 4.69) is 5.32 Å². The second-order valence-electron chi connectivity index (χ2n) is 4.58. The summed E-state index contributed by atoms with van der Waals surface area (Å²) in [6.07, 6.45) is 1.25. The van der Waals surface area contributed by atoms with Crippen LogP contribution in [-0.2, 0) is 10.0 Å². The number of nitrogens with two attached hydrogens (primary N) is 2. The van der Waals surface area contributed by atoms with Crippen molar-refractivity contribution in [2.45, 2.75) is 37.2 Å². The van der Waals surface area contributed by atoms with Crippen molar-refractivity contribution in [3.8, 4) is 0 Å². The van der Waals surface area contributed by atoms with Gasteiger partial charge in [-0.05, 0) is 31.0 Å². The molecule has 19 heavy (non-hydrogen) atoms. The molecule has 0 saturated heterocycles. The average Bonchev–Trinajstić information content (AvgIpc) is 2.34. The number of benzene rings is 1. The van der Waals surface area contributed by atoms with Gasteiger partial charge in [-0.15, -0.1) is 0 Å². The van der Waals surface area contributed by atoms with Crippen LogP contribution in [0.15, 0.2) is 23.1 Å². The summed E-state index contributed by atoms with van der Waals surface area (Å²) < 4.78 is 22.4. The number of anilines is 2. The van der Waals surface area contributed by atoms with E-state index in [1.807, 2.05) is 13.8 Å². The van der Waals surface area contributed by atoms with E-state index in [0.29, 0.717) is 25.1 Å². The van der Waals surface area contributed by atoms with Crippen molar-refractivity contribution in [2.75, 3.05) is 17.6 Å². The molecule has 1 aromatic rings. The smallest absolute Gasteiger partial charge is 0.240 e. The van der Waals surface area contributed by atoms with Gasteiger partial charge < -0.3 is 16.2 Å². The standard InChI is InChI=1S/C12H21N3O3S/c1-3-12(16,4-2)8-15-9-5-6-11(10(13)7-9)19(14,17)18/h5-7,15-16H,3-4,8,13H2,1-2H3,(H2,14,17,18). The summed E-state index contributed by atoms with van der Waals surface area (Å²) in [4.78, 5) is -0.0979. The largest absolute Gasteiger partial charge is 0.398 e. The zero-order valence-corrected chi connectivity index (χ0v) is 12.0. The molecule has 0 aliphatic rings. The molecule has 0 amide bonds. The first-order valence-electron chi connectivity index (χ1n) is 6.10. The molecule has 0 unspecified atom stereocenters. The van der Waals surface area contributed by atoms with Crippen LogP contribution < -0.4 is 16.2 Å². The van der Waals surface area contributed by atoms with E-state index in [4.69, 9.17) is 10.9 Å². The molecule has 6 N–H and O–H groups in total. The monoisotopic (exact) mass is 287 g/mol. The van der Waals surface area contributed by atoms with Gasteiger partial charge in [-0.2, -0.15) is 0 Å². The summed E-state index contributed by atoms with van der Waals surface area (Å²) in [5, 5.41) is 18.2. The Bertz CT molecular complexity index is 539. The minimum atomic E-state index is -3.81. The lowest BCUT2D eigenvalue weighted by atomic mass is 9.97. The summed E-state index contributed by atoms with van der Waals surface area (Å²) in [5.41, 5.74) is 5.60. The van der Waals surface area contributed by atoms with Crippen LogP contribution in [0.4, 0.5) is 11.4 Å². The summed E-state index contributed by atoms with van der Waals surface area (Å²) in [5.74, 6) is 0. The van der Waals surface area contributed by atoms with Crippen molar-refractivity contribution in [2.24, 2.45) is 5.14 Å². The Labute approximate surface area is 113 Å². The van der Waals surface area contributed by atoms with Gasteiger partial charge in [-0.1, -0.05) is 13.8 Å². The number of rotatable bonds is 6. The lowest BCUT2D eigenvalue weighted by molar-refractivity contribution is 0.0457. The highest BCUT2D eigenvalue weighted by molar-refractivity contribution is 7.89. The first-order valence-corrected chi connectivity index (χ1v) is 7.65. The average molecular weight is 287 g/mol. The molecule has 0 heterocycles. The summed E-state index contributed by atoms with van der Waals surface area (Å²) in [7, 11) is -3.81. The van der Waals surface area contributed by atoms with Crippen LogP contribution in [0.3, 0.4) is 0 Å². The van der Waals surface area contributed by atoms with Crippen LogP contribution in [0, 0.1) is 0 Å². The molecule has 0 bridgehead atoms.